The highest BCUT2D eigenvalue weighted by molar-refractivity contribution is 7.22. The van der Waals surface area contributed by atoms with E-state index in [0.717, 1.165) is 72.3 Å². The van der Waals surface area contributed by atoms with Crippen LogP contribution in [-0.4, -0.2) is 39.7 Å². The second-order valence-corrected chi connectivity index (χ2v) is 13.9. The van der Waals surface area contributed by atoms with Crippen LogP contribution in [-0.2, 0) is 11.3 Å². The zero-order chi connectivity index (χ0) is 30.9. The van der Waals surface area contributed by atoms with Gasteiger partial charge in [-0.25, -0.2) is 9.78 Å². The Kier molecular flexibility index (Phi) is 7.05. The summed E-state index contributed by atoms with van der Waals surface area (Å²) in [5, 5.41) is 18.4. The van der Waals surface area contributed by atoms with Crippen LogP contribution >= 0.6 is 11.3 Å². The topological polar surface area (TPSA) is 107 Å². The van der Waals surface area contributed by atoms with Crippen molar-refractivity contribution in [2.24, 2.45) is 11.8 Å². The molecule has 0 spiro atoms. The highest BCUT2D eigenvalue weighted by atomic mass is 32.1. The molecule has 2 aromatic carbocycles. The van der Waals surface area contributed by atoms with E-state index in [2.05, 4.69) is 15.2 Å². The standard InChI is InChI=1S/C33H32F3N3O5S/c34-33(35,36)43-25-4-2-1-3-22(25)28-24(30(44-39-28)17-7-8-17)15-42-21-11-18-9-10-19(12-21)27(18)37-32-38-29-23(16-5-6-16)13-20(31(40)41)14-26(29)45-32/h1-4,13-14,16-19,21,27H,5-12,15H2,(H,37,38)(H,40,41). The molecular weight excluding hydrogens is 607 g/mol. The fraction of sp³-hybridized carbons (Fsp3) is 0.485. The van der Waals surface area contributed by atoms with Gasteiger partial charge in [0.05, 0.1) is 28.5 Å². The summed E-state index contributed by atoms with van der Waals surface area (Å²) >= 11 is 1.52. The number of fused-ring (bicyclic) bond motifs is 3. The van der Waals surface area contributed by atoms with E-state index in [9.17, 15) is 23.1 Å². The molecule has 0 saturated heterocycles. The average molecular weight is 640 g/mol. The number of hydrogen-bond donors (Lipinski definition) is 2. The summed E-state index contributed by atoms with van der Waals surface area (Å²) in [7, 11) is 0. The maximum atomic E-state index is 13.2. The Morgan fingerprint density at radius 3 is 2.47 bits per heavy atom. The number of aromatic carboxylic acids is 1. The first-order valence-electron chi connectivity index (χ1n) is 15.6. The van der Waals surface area contributed by atoms with Gasteiger partial charge in [0.1, 0.15) is 17.2 Å². The number of halogens is 3. The Hall–Kier alpha value is -3.64. The number of thiazole rings is 1. The summed E-state index contributed by atoms with van der Waals surface area (Å²) in [5.74, 6) is 0.843. The lowest BCUT2D eigenvalue weighted by Gasteiger charge is -2.35. The zero-order valence-electron chi connectivity index (χ0n) is 24.3. The fourth-order valence-corrected chi connectivity index (χ4v) is 8.34. The molecule has 45 heavy (non-hydrogen) atoms. The molecule has 0 radical (unpaired) electrons. The third-order valence-corrected chi connectivity index (χ3v) is 10.7. The summed E-state index contributed by atoms with van der Waals surface area (Å²) in [5.41, 5.74) is 3.54. The van der Waals surface area contributed by atoms with Crippen LogP contribution in [0.25, 0.3) is 21.5 Å². The molecule has 2 heterocycles. The van der Waals surface area contributed by atoms with Gasteiger partial charge in [0, 0.05) is 23.1 Å². The molecule has 4 aliphatic rings. The summed E-state index contributed by atoms with van der Waals surface area (Å²) in [4.78, 5) is 16.7. The van der Waals surface area contributed by atoms with Gasteiger partial charge in [0.2, 0.25) is 0 Å². The summed E-state index contributed by atoms with van der Waals surface area (Å²) in [6.07, 6.45) is 3.11. The molecule has 4 aromatic rings. The first-order chi connectivity index (χ1) is 21.7. The number of carboxylic acids is 1. The molecule has 236 valence electrons. The SMILES string of the molecule is O=C(O)c1cc(C2CC2)c2nc(NC3C4CCC3CC(OCc3c(-c5ccccc5OC(F)(F)F)noc3C3CC3)C4)sc2c1. The molecule has 2 bridgehead atoms. The van der Waals surface area contributed by atoms with Gasteiger partial charge >= 0.3 is 12.3 Å². The number of carbonyl (C=O) groups is 1. The second-order valence-electron chi connectivity index (χ2n) is 12.9. The van der Waals surface area contributed by atoms with Gasteiger partial charge in [-0.05, 0) is 98.9 Å². The number of ether oxygens (including phenoxy) is 2. The van der Waals surface area contributed by atoms with Crippen LogP contribution in [0, 0.1) is 11.8 Å². The van der Waals surface area contributed by atoms with Gasteiger partial charge in [-0.2, -0.15) is 0 Å². The zero-order valence-corrected chi connectivity index (χ0v) is 25.1. The first kappa shape index (κ1) is 28.8. The molecule has 8 nitrogen and oxygen atoms in total. The number of nitrogens with zero attached hydrogens (tertiary/aromatic N) is 2. The minimum absolute atomic E-state index is 0.00647. The van der Waals surface area contributed by atoms with Crippen LogP contribution in [0.1, 0.15) is 90.4 Å². The normalized spacial score (nSPS) is 24.7. The molecule has 4 aliphatic carbocycles. The third-order valence-electron chi connectivity index (χ3n) is 9.73. The number of anilines is 1. The van der Waals surface area contributed by atoms with Gasteiger partial charge in [0.25, 0.3) is 0 Å². The highest BCUT2D eigenvalue weighted by Gasteiger charge is 2.44. The van der Waals surface area contributed by atoms with Crippen molar-refractivity contribution in [3.8, 4) is 17.0 Å². The van der Waals surface area contributed by atoms with E-state index in [-0.39, 0.29) is 36.0 Å². The lowest BCUT2D eigenvalue weighted by Crippen LogP contribution is -2.39. The van der Waals surface area contributed by atoms with Crippen LogP contribution in [0.5, 0.6) is 5.75 Å². The molecular formula is C33H32F3N3O5S. The predicted octanol–water partition coefficient (Wildman–Crippen LogP) is 8.49. The van der Waals surface area contributed by atoms with Crippen molar-refractivity contribution >= 4 is 32.7 Å². The van der Waals surface area contributed by atoms with E-state index < -0.39 is 12.3 Å². The van der Waals surface area contributed by atoms with Crippen LogP contribution in [0.2, 0.25) is 0 Å². The number of hydrogen-bond acceptors (Lipinski definition) is 8. The van der Waals surface area contributed by atoms with E-state index in [1.807, 2.05) is 0 Å². The minimum Gasteiger partial charge on any atom is -0.478 e. The Labute approximate surface area is 260 Å². The first-order valence-corrected chi connectivity index (χ1v) is 16.4. The highest BCUT2D eigenvalue weighted by Crippen LogP contribution is 2.49. The Bertz CT molecular complexity index is 1750. The van der Waals surface area contributed by atoms with E-state index in [1.165, 1.54) is 23.5 Å². The number of aromatic nitrogens is 2. The van der Waals surface area contributed by atoms with E-state index in [0.29, 0.717) is 40.3 Å². The van der Waals surface area contributed by atoms with Crippen molar-refractivity contribution in [1.82, 2.24) is 10.1 Å². The Morgan fingerprint density at radius 1 is 1.04 bits per heavy atom. The van der Waals surface area contributed by atoms with Gasteiger partial charge in [-0.15, -0.1) is 13.2 Å². The van der Waals surface area contributed by atoms with Gasteiger partial charge < -0.3 is 24.4 Å². The van der Waals surface area contributed by atoms with Crippen LogP contribution in [0.15, 0.2) is 40.9 Å². The minimum atomic E-state index is -4.83. The van der Waals surface area contributed by atoms with Crippen LogP contribution in [0.4, 0.5) is 18.3 Å². The molecule has 2 unspecified atom stereocenters. The Balaban J connectivity index is 0.980. The number of nitrogens with one attached hydrogen (secondary N) is 1. The smallest absolute Gasteiger partial charge is 0.478 e. The van der Waals surface area contributed by atoms with Crippen molar-refractivity contribution in [2.75, 3.05) is 5.32 Å². The number of rotatable bonds is 10. The predicted molar refractivity (Wildman–Crippen MR) is 161 cm³/mol. The number of benzene rings is 2. The number of para-hydroxylation sites is 1. The van der Waals surface area contributed by atoms with Gasteiger partial charge in [-0.3, -0.25) is 0 Å². The largest absolute Gasteiger partial charge is 0.573 e. The lowest BCUT2D eigenvalue weighted by molar-refractivity contribution is -0.274. The Morgan fingerprint density at radius 2 is 1.78 bits per heavy atom. The molecule has 4 fully saturated rings. The van der Waals surface area contributed by atoms with Crippen molar-refractivity contribution < 1.29 is 37.1 Å². The molecule has 2 N–H and O–H groups in total. The van der Waals surface area contributed by atoms with Crippen molar-refractivity contribution in [3.05, 3.63) is 58.8 Å². The monoisotopic (exact) mass is 639 g/mol. The number of carboxylic acid groups (broad SMARTS) is 1. The lowest BCUT2D eigenvalue weighted by atomic mass is 9.82. The maximum Gasteiger partial charge on any atom is 0.573 e. The summed E-state index contributed by atoms with van der Waals surface area (Å²) in [6.45, 7) is 0.209. The maximum absolute atomic E-state index is 13.2. The number of alkyl halides is 3. The van der Waals surface area contributed by atoms with Crippen LogP contribution in [0.3, 0.4) is 0 Å². The fourth-order valence-electron chi connectivity index (χ4n) is 7.35. The van der Waals surface area contributed by atoms with E-state index in [1.54, 1.807) is 24.3 Å². The van der Waals surface area contributed by atoms with Gasteiger partial charge in [-0.1, -0.05) is 28.6 Å². The average Bonchev–Trinajstić information content (AvgIpc) is 3.92. The van der Waals surface area contributed by atoms with E-state index >= 15 is 0 Å². The molecule has 8 rings (SSSR count). The molecule has 2 atom stereocenters. The molecule has 0 aliphatic heterocycles. The van der Waals surface area contributed by atoms with E-state index in [4.69, 9.17) is 14.2 Å². The summed E-state index contributed by atoms with van der Waals surface area (Å²) in [6, 6.07) is 9.78. The third kappa shape index (κ3) is 5.78. The second kappa shape index (κ2) is 11.0. The molecule has 0 amide bonds. The van der Waals surface area contributed by atoms with Crippen molar-refractivity contribution in [3.63, 3.8) is 0 Å². The van der Waals surface area contributed by atoms with Crippen LogP contribution < -0.4 is 10.1 Å². The molecule has 12 heteroatoms. The van der Waals surface area contributed by atoms with Crippen molar-refractivity contribution in [2.45, 2.75) is 88.3 Å². The van der Waals surface area contributed by atoms with Crippen molar-refractivity contribution in [1.29, 1.82) is 0 Å². The summed E-state index contributed by atoms with van der Waals surface area (Å²) < 4.78 is 56.9. The molecule has 2 aromatic heterocycles. The quantitative estimate of drug-likeness (QED) is 0.178. The molecule has 4 saturated carbocycles. The van der Waals surface area contributed by atoms with Gasteiger partial charge in [0.15, 0.2) is 5.13 Å².